The number of carbonyl (C=O) groups excluding carboxylic acids is 1. The molecule has 120 valence electrons. The second-order valence-electron chi connectivity index (χ2n) is 4.94. The molecule has 0 aliphatic rings. The monoisotopic (exact) mass is 323 g/mol. The molecule has 1 aromatic heterocycles. The predicted octanol–water partition coefficient (Wildman–Crippen LogP) is 2.65. The molecule has 3 aromatic rings. The molecule has 0 atom stereocenters. The Labute approximate surface area is 137 Å². The largest absolute Gasteiger partial charge is 0.482 e. The van der Waals surface area contributed by atoms with Crippen LogP contribution >= 0.6 is 0 Å². The zero-order chi connectivity index (χ0) is 17.1. The van der Waals surface area contributed by atoms with Gasteiger partial charge in [-0.1, -0.05) is 0 Å². The zero-order valence-electron chi connectivity index (χ0n) is 12.8. The predicted molar refractivity (Wildman–Crippen MR) is 85.2 cm³/mol. The van der Waals surface area contributed by atoms with Crippen LogP contribution in [0.4, 0.5) is 5.69 Å². The smallest absolute Gasteiger partial charge is 0.337 e. The number of esters is 1. The first-order chi connectivity index (χ1) is 11.6. The van der Waals surface area contributed by atoms with Crippen LogP contribution in [0.1, 0.15) is 21.8 Å². The van der Waals surface area contributed by atoms with Crippen molar-refractivity contribution in [1.29, 1.82) is 5.26 Å². The maximum absolute atomic E-state index is 11.5. The van der Waals surface area contributed by atoms with Crippen LogP contribution in [-0.4, -0.2) is 18.1 Å². The second kappa shape index (κ2) is 6.30. The third kappa shape index (κ3) is 2.98. The molecule has 2 aromatic carbocycles. The van der Waals surface area contributed by atoms with E-state index >= 15 is 0 Å². The Hall–Kier alpha value is -3.53. The minimum Gasteiger partial charge on any atom is -0.482 e. The molecule has 7 heteroatoms. The van der Waals surface area contributed by atoms with Crippen LogP contribution in [0.5, 0.6) is 5.75 Å². The SMILES string of the molecule is COC(=O)c1ccc2nc(COc3ccc(N)cc3C#N)oc2c1. The van der Waals surface area contributed by atoms with Crippen LogP contribution in [0.25, 0.3) is 11.1 Å². The van der Waals surface area contributed by atoms with Gasteiger partial charge >= 0.3 is 5.97 Å². The molecule has 24 heavy (non-hydrogen) atoms. The molecule has 0 aliphatic carbocycles. The van der Waals surface area contributed by atoms with Crippen molar-refractivity contribution < 1.29 is 18.7 Å². The maximum atomic E-state index is 11.5. The lowest BCUT2D eigenvalue weighted by atomic mass is 10.2. The van der Waals surface area contributed by atoms with E-state index < -0.39 is 5.97 Å². The number of carbonyl (C=O) groups is 1. The maximum Gasteiger partial charge on any atom is 0.337 e. The number of nitrogens with zero attached hydrogens (tertiary/aromatic N) is 2. The Kier molecular flexibility index (Phi) is 4.03. The van der Waals surface area contributed by atoms with E-state index in [2.05, 4.69) is 9.72 Å². The van der Waals surface area contributed by atoms with E-state index in [-0.39, 0.29) is 6.61 Å². The van der Waals surface area contributed by atoms with Gasteiger partial charge in [-0.2, -0.15) is 5.26 Å². The van der Waals surface area contributed by atoms with Crippen molar-refractivity contribution in [2.24, 2.45) is 0 Å². The number of fused-ring (bicyclic) bond motifs is 1. The summed E-state index contributed by atoms with van der Waals surface area (Å²) in [6.07, 6.45) is 0. The third-order valence-corrected chi connectivity index (χ3v) is 3.33. The fourth-order valence-electron chi connectivity index (χ4n) is 2.18. The van der Waals surface area contributed by atoms with Gasteiger partial charge in [-0.3, -0.25) is 0 Å². The van der Waals surface area contributed by atoms with Crippen molar-refractivity contribution in [3.63, 3.8) is 0 Å². The minimum atomic E-state index is -0.452. The van der Waals surface area contributed by atoms with Gasteiger partial charge in [0.2, 0.25) is 5.89 Å². The molecule has 0 saturated heterocycles. The van der Waals surface area contributed by atoms with Gasteiger partial charge in [0.25, 0.3) is 0 Å². The van der Waals surface area contributed by atoms with Crippen LogP contribution in [0, 0.1) is 11.3 Å². The first kappa shape index (κ1) is 15.4. The van der Waals surface area contributed by atoms with Gasteiger partial charge in [-0.25, -0.2) is 9.78 Å². The van der Waals surface area contributed by atoms with E-state index in [0.29, 0.717) is 39.6 Å². The van der Waals surface area contributed by atoms with Gasteiger partial charge in [0, 0.05) is 5.69 Å². The van der Waals surface area contributed by atoms with Gasteiger partial charge in [-0.05, 0) is 36.4 Å². The van der Waals surface area contributed by atoms with Crippen molar-refractivity contribution in [2.45, 2.75) is 6.61 Å². The number of nitrogen functional groups attached to an aromatic ring is 1. The summed E-state index contributed by atoms with van der Waals surface area (Å²) in [7, 11) is 1.31. The fourth-order valence-corrected chi connectivity index (χ4v) is 2.18. The number of anilines is 1. The summed E-state index contributed by atoms with van der Waals surface area (Å²) in [6.45, 7) is 0.0425. The molecule has 7 nitrogen and oxygen atoms in total. The summed E-state index contributed by atoms with van der Waals surface area (Å²) >= 11 is 0. The summed E-state index contributed by atoms with van der Waals surface area (Å²) in [4.78, 5) is 15.8. The number of rotatable bonds is 4. The molecule has 2 N–H and O–H groups in total. The van der Waals surface area contributed by atoms with E-state index in [1.165, 1.54) is 13.2 Å². The second-order valence-corrected chi connectivity index (χ2v) is 4.94. The molecule has 0 unspecified atom stereocenters. The van der Waals surface area contributed by atoms with Gasteiger partial charge in [0.15, 0.2) is 12.2 Å². The van der Waals surface area contributed by atoms with Crippen LogP contribution in [0.2, 0.25) is 0 Å². The quantitative estimate of drug-likeness (QED) is 0.580. The van der Waals surface area contributed by atoms with E-state index in [4.69, 9.17) is 20.1 Å². The number of benzene rings is 2. The Morgan fingerprint density at radius 1 is 1.33 bits per heavy atom. The number of aromatic nitrogens is 1. The average Bonchev–Trinajstić information content (AvgIpc) is 3.01. The van der Waals surface area contributed by atoms with E-state index in [9.17, 15) is 4.79 Å². The number of hydrogen-bond donors (Lipinski definition) is 1. The summed E-state index contributed by atoms with van der Waals surface area (Å²) in [5.41, 5.74) is 7.87. The van der Waals surface area contributed by atoms with Gasteiger partial charge in [0.05, 0.1) is 18.2 Å². The van der Waals surface area contributed by atoms with Crippen molar-refractivity contribution in [3.8, 4) is 11.8 Å². The van der Waals surface area contributed by atoms with Gasteiger partial charge in [0.1, 0.15) is 17.3 Å². The highest BCUT2D eigenvalue weighted by molar-refractivity contribution is 5.93. The molecule has 0 bridgehead atoms. The molecule has 0 amide bonds. The number of nitrogens with two attached hydrogens (primary N) is 1. The van der Waals surface area contributed by atoms with E-state index in [1.807, 2.05) is 6.07 Å². The van der Waals surface area contributed by atoms with Gasteiger partial charge in [-0.15, -0.1) is 0 Å². The molecule has 0 radical (unpaired) electrons. The van der Waals surface area contributed by atoms with E-state index in [1.54, 1.807) is 30.3 Å². The number of methoxy groups -OCH3 is 1. The Bertz CT molecular complexity index is 956. The van der Waals surface area contributed by atoms with Crippen LogP contribution in [0.15, 0.2) is 40.8 Å². The molecule has 0 fully saturated rings. The summed E-state index contributed by atoms with van der Waals surface area (Å²) in [6, 6.07) is 11.6. The Morgan fingerprint density at radius 3 is 2.92 bits per heavy atom. The minimum absolute atomic E-state index is 0.0425. The number of ether oxygens (including phenoxy) is 2. The number of nitriles is 1. The third-order valence-electron chi connectivity index (χ3n) is 3.33. The van der Waals surface area contributed by atoms with E-state index in [0.717, 1.165) is 0 Å². The lowest BCUT2D eigenvalue weighted by molar-refractivity contribution is 0.0601. The van der Waals surface area contributed by atoms with Crippen molar-refractivity contribution in [2.75, 3.05) is 12.8 Å². The van der Waals surface area contributed by atoms with Crippen LogP contribution in [0.3, 0.4) is 0 Å². The molecule has 0 spiro atoms. The highest BCUT2D eigenvalue weighted by Crippen LogP contribution is 2.23. The topological polar surface area (TPSA) is 111 Å². The molecule has 3 rings (SSSR count). The van der Waals surface area contributed by atoms with Crippen molar-refractivity contribution >= 4 is 22.8 Å². The summed E-state index contributed by atoms with van der Waals surface area (Å²) in [5, 5.41) is 9.09. The average molecular weight is 323 g/mol. The molecule has 0 saturated carbocycles. The molecular formula is C17H13N3O4. The van der Waals surface area contributed by atoms with Crippen LogP contribution in [-0.2, 0) is 11.3 Å². The molecule has 1 heterocycles. The fraction of sp³-hybridized carbons (Fsp3) is 0.118. The lowest BCUT2D eigenvalue weighted by Crippen LogP contribution is -2.00. The molecular weight excluding hydrogens is 310 g/mol. The molecule has 0 aliphatic heterocycles. The Morgan fingerprint density at radius 2 is 2.17 bits per heavy atom. The standard InChI is InChI=1S/C17H13N3O4/c1-22-17(21)10-2-4-13-15(7-10)24-16(20-13)9-23-14-5-3-12(19)6-11(14)8-18/h2-7H,9,19H2,1H3. The van der Waals surface area contributed by atoms with Crippen LogP contribution < -0.4 is 10.5 Å². The highest BCUT2D eigenvalue weighted by atomic mass is 16.5. The summed E-state index contributed by atoms with van der Waals surface area (Å²) in [5.74, 6) is 0.267. The zero-order valence-corrected chi connectivity index (χ0v) is 12.8. The number of hydrogen-bond acceptors (Lipinski definition) is 7. The van der Waals surface area contributed by atoms with Gasteiger partial charge < -0.3 is 19.6 Å². The first-order valence-corrected chi connectivity index (χ1v) is 7.01. The van der Waals surface area contributed by atoms with Crippen molar-refractivity contribution in [3.05, 3.63) is 53.4 Å². The number of oxazole rings is 1. The normalized spacial score (nSPS) is 10.3. The first-order valence-electron chi connectivity index (χ1n) is 7.01. The Balaban J connectivity index is 1.81. The highest BCUT2D eigenvalue weighted by Gasteiger charge is 2.12. The lowest BCUT2D eigenvalue weighted by Gasteiger charge is -2.05. The van der Waals surface area contributed by atoms with Crippen molar-refractivity contribution in [1.82, 2.24) is 4.98 Å². The summed E-state index contributed by atoms with van der Waals surface area (Å²) < 4.78 is 15.8.